The second-order valence-electron chi connectivity index (χ2n) is 6.53. The van der Waals surface area contributed by atoms with Crippen LogP contribution in [0.3, 0.4) is 0 Å². The fourth-order valence-corrected chi connectivity index (χ4v) is 3.81. The number of pyridine rings is 1. The van der Waals surface area contributed by atoms with Crippen molar-refractivity contribution in [2.45, 2.75) is 39.0 Å². The number of hydrogen-bond donors (Lipinski definition) is 2. The van der Waals surface area contributed by atoms with Gasteiger partial charge in [-0.1, -0.05) is 12.5 Å². The van der Waals surface area contributed by atoms with Crippen LogP contribution in [0.4, 0.5) is 5.82 Å². The van der Waals surface area contributed by atoms with Crippen molar-refractivity contribution in [3.63, 3.8) is 0 Å². The van der Waals surface area contributed by atoms with Gasteiger partial charge in [0.2, 0.25) is 11.8 Å². The third-order valence-corrected chi connectivity index (χ3v) is 4.88. The first-order chi connectivity index (χ1) is 10.6. The number of amides is 2. The Morgan fingerprint density at radius 1 is 1.27 bits per heavy atom. The first kappa shape index (κ1) is 15.0. The van der Waals surface area contributed by atoms with Crippen molar-refractivity contribution in [1.29, 1.82) is 0 Å². The van der Waals surface area contributed by atoms with Gasteiger partial charge in [0.1, 0.15) is 5.82 Å². The minimum absolute atomic E-state index is 0.119. The van der Waals surface area contributed by atoms with Gasteiger partial charge in [-0.2, -0.15) is 0 Å². The van der Waals surface area contributed by atoms with Crippen LogP contribution in [-0.2, 0) is 9.59 Å². The molecule has 1 aromatic heterocycles. The van der Waals surface area contributed by atoms with Gasteiger partial charge in [0.25, 0.3) is 0 Å². The molecule has 0 aromatic carbocycles. The molecule has 2 bridgehead atoms. The molecule has 3 rings (SSSR count). The Kier molecular flexibility index (Phi) is 4.41. The predicted molar refractivity (Wildman–Crippen MR) is 84.2 cm³/mol. The van der Waals surface area contributed by atoms with Gasteiger partial charge in [0.05, 0.1) is 0 Å². The van der Waals surface area contributed by atoms with Crippen LogP contribution in [0, 0.1) is 24.7 Å². The van der Waals surface area contributed by atoms with Gasteiger partial charge in [0, 0.05) is 24.6 Å². The van der Waals surface area contributed by atoms with Gasteiger partial charge in [0.15, 0.2) is 0 Å². The monoisotopic (exact) mass is 301 g/mol. The zero-order chi connectivity index (χ0) is 15.5. The number of hydrogen-bond acceptors (Lipinski definition) is 3. The molecule has 3 unspecified atom stereocenters. The highest BCUT2D eigenvalue weighted by Gasteiger charge is 2.42. The van der Waals surface area contributed by atoms with E-state index in [1.807, 2.05) is 19.1 Å². The molecule has 2 aliphatic carbocycles. The molecule has 22 heavy (non-hydrogen) atoms. The summed E-state index contributed by atoms with van der Waals surface area (Å²) in [6.45, 7) is 2.27. The van der Waals surface area contributed by atoms with E-state index in [2.05, 4.69) is 15.6 Å². The van der Waals surface area contributed by atoms with Crippen LogP contribution in [0.15, 0.2) is 18.2 Å². The molecule has 2 amide bonds. The quantitative estimate of drug-likeness (QED) is 0.876. The molecule has 5 nitrogen and oxygen atoms in total. The lowest BCUT2D eigenvalue weighted by atomic mass is 9.88. The van der Waals surface area contributed by atoms with Crippen LogP contribution in [-0.4, -0.2) is 23.3 Å². The zero-order valence-corrected chi connectivity index (χ0v) is 13.0. The summed E-state index contributed by atoms with van der Waals surface area (Å²) >= 11 is 0. The van der Waals surface area contributed by atoms with E-state index < -0.39 is 0 Å². The maximum absolute atomic E-state index is 12.2. The summed E-state index contributed by atoms with van der Waals surface area (Å²) in [7, 11) is 0. The van der Waals surface area contributed by atoms with Crippen LogP contribution in [0.1, 0.15) is 37.8 Å². The first-order valence-electron chi connectivity index (χ1n) is 8.13. The Balaban J connectivity index is 1.39. The average Bonchev–Trinajstić information content (AvgIpc) is 3.09. The molecule has 118 valence electrons. The summed E-state index contributed by atoms with van der Waals surface area (Å²) in [5.74, 6) is 2.09. The molecule has 0 aliphatic heterocycles. The minimum atomic E-state index is -0.119. The van der Waals surface area contributed by atoms with Crippen molar-refractivity contribution in [1.82, 2.24) is 10.3 Å². The van der Waals surface area contributed by atoms with Crippen molar-refractivity contribution in [3.8, 4) is 0 Å². The van der Waals surface area contributed by atoms with Crippen LogP contribution >= 0.6 is 0 Å². The van der Waals surface area contributed by atoms with Gasteiger partial charge in [-0.25, -0.2) is 4.98 Å². The zero-order valence-electron chi connectivity index (χ0n) is 13.0. The van der Waals surface area contributed by atoms with Crippen molar-refractivity contribution >= 4 is 17.6 Å². The second-order valence-corrected chi connectivity index (χ2v) is 6.53. The molecule has 3 atom stereocenters. The number of fused-ring (bicyclic) bond motifs is 2. The van der Waals surface area contributed by atoms with Gasteiger partial charge >= 0.3 is 0 Å². The summed E-state index contributed by atoms with van der Waals surface area (Å²) in [6, 6.07) is 5.50. The summed E-state index contributed by atoms with van der Waals surface area (Å²) < 4.78 is 0. The highest BCUT2D eigenvalue weighted by molar-refractivity contribution is 5.90. The summed E-state index contributed by atoms with van der Waals surface area (Å²) in [6.07, 6.45) is 5.03. The van der Waals surface area contributed by atoms with E-state index in [0.29, 0.717) is 18.3 Å². The number of carbonyl (C=O) groups excluding carboxylic acids is 2. The summed E-state index contributed by atoms with van der Waals surface area (Å²) in [5, 5.41) is 5.67. The van der Waals surface area contributed by atoms with Crippen molar-refractivity contribution in [2.75, 3.05) is 11.9 Å². The normalized spacial score (nSPS) is 26.0. The van der Waals surface area contributed by atoms with Crippen LogP contribution in [0.5, 0.6) is 0 Å². The number of nitrogens with one attached hydrogen (secondary N) is 2. The highest BCUT2D eigenvalue weighted by atomic mass is 16.2. The highest BCUT2D eigenvalue weighted by Crippen LogP contribution is 2.48. The summed E-state index contributed by atoms with van der Waals surface area (Å²) in [5.41, 5.74) is 0.863. The van der Waals surface area contributed by atoms with Crippen molar-refractivity contribution in [2.24, 2.45) is 17.8 Å². The van der Waals surface area contributed by atoms with Crippen molar-refractivity contribution in [3.05, 3.63) is 23.9 Å². The van der Waals surface area contributed by atoms with Crippen LogP contribution in [0.2, 0.25) is 0 Å². The number of aromatic nitrogens is 1. The van der Waals surface area contributed by atoms with Crippen molar-refractivity contribution < 1.29 is 9.59 Å². The molecule has 1 aromatic rings. The first-order valence-corrected chi connectivity index (χ1v) is 8.13. The SMILES string of the molecule is Cc1cccc(NC(=O)CCNC(=O)C2CC3CCC2C3)n1. The minimum Gasteiger partial charge on any atom is -0.355 e. The van der Waals surface area contributed by atoms with E-state index >= 15 is 0 Å². The van der Waals surface area contributed by atoms with E-state index in [9.17, 15) is 9.59 Å². The average molecular weight is 301 g/mol. The Morgan fingerprint density at radius 2 is 2.14 bits per heavy atom. The van der Waals surface area contributed by atoms with E-state index in [4.69, 9.17) is 0 Å². The number of rotatable bonds is 5. The standard InChI is InChI=1S/C17H23N3O2/c1-11-3-2-4-15(19-11)20-16(21)7-8-18-17(22)14-10-12-5-6-13(14)9-12/h2-4,12-14H,5-10H2,1H3,(H,18,22)(H,19,20,21). The molecule has 1 heterocycles. The van der Waals surface area contributed by atoms with Gasteiger partial charge in [-0.05, 0) is 50.2 Å². The van der Waals surface area contributed by atoms with Gasteiger partial charge in [-0.3, -0.25) is 9.59 Å². The van der Waals surface area contributed by atoms with Gasteiger partial charge in [-0.15, -0.1) is 0 Å². The van der Waals surface area contributed by atoms with Gasteiger partial charge < -0.3 is 10.6 Å². The largest absolute Gasteiger partial charge is 0.355 e. The van der Waals surface area contributed by atoms with E-state index in [1.165, 1.54) is 19.3 Å². The molecular formula is C17H23N3O2. The molecule has 0 radical (unpaired) electrons. The molecule has 5 heteroatoms. The number of nitrogens with zero attached hydrogens (tertiary/aromatic N) is 1. The van der Waals surface area contributed by atoms with E-state index in [1.54, 1.807) is 6.07 Å². The number of aryl methyl sites for hydroxylation is 1. The van der Waals surface area contributed by atoms with Crippen LogP contribution in [0.25, 0.3) is 0 Å². The number of carbonyl (C=O) groups is 2. The lowest BCUT2D eigenvalue weighted by molar-refractivity contribution is -0.126. The Hall–Kier alpha value is -1.91. The molecule has 2 N–H and O–H groups in total. The lowest BCUT2D eigenvalue weighted by Gasteiger charge is -2.20. The summed E-state index contributed by atoms with van der Waals surface area (Å²) in [4.78, 5) is 28.2. The van der Waals surface area contributed by atoms with E-state index in [-0.39, 0.29) is 24.2 Å². The fourth-order valence-electron chi connectivity index (χ4n) is 3.81. The maximum Gasteiger partial charge on any atom is 0.227 e. The molecule has 0 spiro atoms. The second kappa shape index (κ2) is 6.46. The third-order valence-electron chi connectivity index (χ3n) is 4.88. The number of anilines is 1. The fraction of sp³-hybridized carbons (Fsp3) is 0.588. The Labute approximate surface area is 130 Å². The Morgan fingerprint density at radius 3 is 2.82 bits per heavy atom. The van der Waals surface area contributed by atoms with Crippen LogP contribution < -0.4 is 10.6 Å². The third kappa shape index (κ3) is 3.46. The predicted octanol–water partition coefficient (Wildman–Crippen LogP) is 2.27. The molecule has 0 saturated heterocycles. The van der Waals surface area contributed by atoms with E-state index in [0.717, 1.165) is 18.0 Å². The molecule has 2 fully saturated rings. The lowest BCUT2D eigenvalue weighted by Crippen LogP contribution is -2.35. The molecular weight excluding hydrogens is 278 g/mol. The topological polar surface area (TPSA) is 71.1 Å². The smallest absolute Gasteiger partial charge is 0.227 e. The Bertz CT molecular complexity index is 573. The molecule has 2 saturated carbocycles. The maximum atomic E-state index is 12.2. The molecule has 2 aliphatic rings.